The molecule has 0 aromatic heterocycles. The van der Waals surface area contributed by atoms with E-state index < -0.39 is 24.1 Å². The minimum absolute atomic E-state index is 0.0676. The van der Waals surface area contributed by atoms with E-state index in [9.17, 15) is 14.4 Å². The van der Waals surface area contributed by atoms with Crippen LogP contribution in [0.25, 0.3) is 11.1 Å². The zero-order valence-corrected chi connectivity index (χ0v) is 19.1. The van der Waals surface area contributed by atoms with Crippen molar-refractivity contribution in [1.29, 1.82) is 0 Å². The van der Waals surface area contributed by atoms with E-state index in [4.69, 9.17) is 19.4 Å². The number of fused-ring (bicyclic) bond motifs is 3. The number of rotatable bonds is 8. The van der Waals surface area contributed by atoms with Crippen molar-refractivity contribution >= 4 is 23.7 Å². The van der Waals surface area contributed by atoms with Gasteiger partial charge < -0.3 is 14.6 Å². The Hall–Kier alpha value is -4.37. The van der Waals surface area contributed by atoms with Crippen molar-refractivity contribution in [2.45, 2.75) is 18.9 Å². The van der Waals surface area contributed by atoms with Crippen LogP contribution in [-0.2, 0) is 14.4 Å². The van der Waals surface area contributed by atoms with E-state index in [2.05, 4.69) is 22.9 Å². The zero-order chi connectivity index (χ0) is 24.9. The summed E-state index contributed by atoms with van der Waals surface area (Å²) in [6.45, 7) is 1.44. The van der Waals surface area contributed by atoms with Gasteiger partial charge in [0.25, 0.3) is 5.91 Å². The standard InChI is InChI=1S/C26H24N2O7/c1-15(25(30)31)35-28-24(29)21-12-11-16(13-23(21)33-2)27-26(32)34-14-22-19-9-5-3-7-17(19)18-8-4-6-10-20(18)22/h3-13,15,22H,14H2,1-2H3,(H,27,32)(H,28,29)(H,30,31). The number of carboxylic acids is 1. The Kier molecular flexibility index (Phi) is 6.98. The number of methoxy groups -OCH3 is 1. The van der Waals surface area contributed by atoms with E-state index in [0.29, 0.717) is 5.69 Å². The molecule has 0 bridgehead atoms. The molecule has 0 saturated carbocycles. The summed E-state index contributed by atoms with van der Waals surface area (Å²) in [5.41, 5.74) is 7.02. The summed E-state index contributed by atoms with van der Waals surface area (Å²) in [5.74, 6) is -1.82. The number of anilines is 1. The van der Waals surface area contributed by atoms with Crippen LogP contribution in [0.1, 0.15) is 34.3 Å². The quantitative estimate of drug-likeness (QED) is 0.417. The van der Waals surface area contributed by atoms with Crippen molar-refractivity contribution in [1.82, 2.24) is 5.48 Å². The zero-order valence-electron chi connectivity index (χ0n) is 19.1. The number of amides is 2. The monoisotopic (exact) mass is 476 g/mol. The van der Waals surface area contributed by atoms with E-state index in [-0.39, 0.29) is 23.8 Å². The van der Waals surface area contributed by atoms with Crippen molar-refractivity contribution in [2.75, 3.05) is 19.0 Å². The third-order valence-corrected chi connectivity index (χ3v) is 5.71. The van der Waals surface area contributed by atoms with Crippen molar-refractivity contribution in [3.05, 3.63) is 83.4 Å². The predicted molar refractivity (Wildman–Crippen MR) is 127 cm³/mol. The minimum Gasteiger partial charge on any atom is -0.496 e. The summed E-state index contributed by atoms with van der Waals surface area (Å²) in [7, 11) is 1.37. The molecule has 1 atom stereocenters. The number of benzene rings is 3. The lowest BCUT2D eigenvalue weighted by Gasteiger charge is -2.15. The number of nitrogens with one attached hydrogen (secondary N) is 2. The van der Waals surface area contributed by atoms with Gasteiger partial charge >= 0.3 is 12.1 Å². The highest BCUT2D eigenvalue weighted by molar-refractivity contribution is 5.97. The lowest BCUT2D eigenvalue weighted by atomic mass is 9.98. The Morgan fingerprint density at radius 1 is 0.971 bits per heavy atom. The molecule has 9 heteroatoms. The first-order chi connectivity index (χ1) is 16.9. The Bertz CT molecular complexity index is 1230. The number of carbonyl (C=O) groups is 3. The third-order valence-electron chi connectivity index (χ3n) is 5.71. The minimum atomic E-state index is -1.22. The van der Waals surface area contributed by atoms with Crippen LogP contribution in [0.4, 0.5) is 10.5 Å². The average molecular weight is 476 g/mol. The van der Waals surface area contributed by atoms with Gasteiger partial charge in [0.2, 0.25) is 0 Å². The van der Waals surface area contributed by atoms with Gasteiger partial charge in [0.15, 0.2) is 6.10 Å². The lowest BCUT2D eigenvalue weighted by Crippen LogP contribution is -2.32. The van der Waals surface area contributed by atoms with Crippen LogP contribution >= 0.6 is 0 Å². The first kappa shape index (κ1) is 23.8. The second-order valence-corrected chi connectivity index (χ2v) is 7.90. The van der Waals surface area contributed by atoms with Gasteiger partial charge in [-0.05, 0) is 41.3 Å². The maximum atomic E-state index is 12.5. The number of aliphatic carboxylic acids is 1. The summed E-state index contributed by atoms with van der Waals surface area (Å²) in [4.78, 5) is 40.5. The van der Waals surface area contributed by atoms with Crippen LogP contribution in [0.2, 0.25) is 0 Å². The van der Waals surface area contributed by atoms with Crippen LogP contribution in [0.3, 0.4) is 0 Å². The molecule has 3 aromatic rings. The van der Waals surface area contributed by atoms with Crippen molar-refractivity contribution in [3.63, 3.8) is 0 Å². The Labute approximate surface area is 201 Å². The highest BCUT2D eigenvalue weighted by Crippen LogP contribution is 2.44. The average Bonchev–Trinajstić information content (AvgIpc) is 3.19. The van der Waals surface area contributed by atoms with Crippen molar-refractivity contribution in [3.8, 4) is 16.9 Å². The van der Waals surface area contributed by atoms with Gasteiger partial charge in [-0.1, -0.05) is 48.5 Å². The third kappa shape index (κ3) is 5.10. The number of hydroxylamine groups is 1. The SMILES string of the molecule is COc1cc(NC(=O)OCC2c3ccccc3-c3ccccc32)ccc1C(=O)NOC(C)C(=O)O. The second-order valence-electron chi connectivity index (χ2n) is 7.90. The molecule has 3 aromatic carbocycles. The second kappa shape index (κ2) is 10.3. The van der Waals surface area contributed by atoms with Gasteiger partial charge in [-0.15, -0.1) is 0 Å². The number of carboxylic acid groups (broad SMARTS) is 1. The van der Waals surface area contributed by atoms with Crippen LogP contribution in [0.5, 0.6) is 5.75 Å². The molecule has 4 rings (SSSR count). The lowest BCUT2D eigenvalue weighted by molar-refractivity contribution is -0.152. The molecule has 1 aliphatic carbocycles. The van der Waals surface area contributed by atoms with E-state index in [0.717, 1.165) is 22.3 Å². The van der Waals surface area contributed by atoms with E-state index in [1.807, 2.05) is 36.4 Å². The molecule has 3 N–H and O–H groups in total. The number of hydrogen-bond donors (Lipinski definition) is 3. The summed E-state index contributed by atoms with van der Waals surface area (Å²) in [6, 6.07) is 20.5. The normalized spacial score (nSPS) is 12.7. The molecule has 0 aliphatic heterocycles. The van der Waals surface area contributed by atoms with E-state index >= 15 is 0 Å². The van der Waals surface area contributed by atoms with E-state index in [1.54, 1.807) is 0 Å². The summed E-state index contributed by atoms with van der Waals surface area (Å²) < 4.78 is 10.8. The molecule has 0 heterocycles. The van der Waals surface area contributed by atoms with Gasteiger partial charge in [0, 0.05) is 17.7 Å². The number of carbonyl (C=O) groups excluding carboxylic acids is 2. The fourth-order valence-corrected chi connectivity index (χ4v) is 3.96. The topological polar surface area (TPSA) is 123 Å². The van der Waals surface area contributed by atoms with Crippen molar-refractivity contribution < 1.29 is 33.8 Å². The van der Waals surface area contributed by atoms with Crippen molar-refractivity contribution in [2.24, 2.45) is 0 Å². The molecule has 35 heavy (non-hydrogen) atoms. The smallest absolute Gasteiger partial charge is 0.411 e. The molecule has 180 valence electrons. The van der Waals surface area contributed by atoms with Crippen LogP contribution in [-0.4, -0.2) is 42.9 Å². The van der Waals surface area contributed by atoms with Gasteiger partial charge in [0.1, 0.15) is 12.4 Å². The molecule has 0 fully saturated rings. The highest BCUT2D eigenvalue weighted by atomic mass is 16.7. The van der Waals surface area contributed by atoms with Gasteiger partial charge in [0.05, 0.1) is 12.7 Å². The largest absolute Gasteiger partial charge is 0.496 e. The first-order valence-electron chi connectivity index (χ1n) is 10.9. The van der Waals surface area contributed by atoms with E-state index in [1.165, 1.54) is 32.2 Å². The maximum Gasteiger partial charge on any atom is 0.411 e. The van der Waals surface area contributed by atoms with Gasteiger partial charge in [-0.2, -0.15) is 0 Å². The summed E-state index contributed by atoms with van der Waals surface area (Å²) >= 11 is 0. The molecule has 0 spiro atoms. The molecule has 2 amide bonds. The fraction of sp³-hybridized carbons (Fsp3) is 0.192. The maximum absolute atomic E-state index is 12.5. The number of ether oxygens (including phenoxy) is 2. The Morgan fingerprint density at radius 3 is 2.20 bits per heavy atom. The van der Waals surface area contributed by atoms with Crippen LogP contribution < -0.4 is 15.5 Å². The Balaban J connectivity index is 1.40. The summed E-state index contributed by atoms with van der Waals surface area (Å²) in [5, 5.41) is 11.5. The number of hydrogen-bond acceptors (Lipinski definition) is 6. The molecule has 0 saturated heterocycles. The molecule has 9 nitrogen and oxygen atoms in total. The molecule has 0 radical (unpaired) electrons. The van der Waals surface area contributed by atoms with Crippen LogP contribution in [0, 0.1) is 0 Å². The van der Waals surface area contributed by atoms with Gasteiger partial charge in [-0.25, -0.2) is 15.1 Å². The first-order valence-corrected chi connectivity index (χ1v) is 10.9. The Morgan fingerprint density at radius 2 is 1.60 bits per heavy atom. The predicted octanol–water partition coefficient (Wildman–Crippen LogP) is 4.19. The van der Waals surface area contributed by atoms with Crippen LogP contribution in [0.15, 0.2) is 66.7 Å². The van der Waals surface area contributed by atoms with Gasteiger partial charge in [-0.3, -0.25) is 14.9 Å². The molecular formula is C26H24N2O7. The molecule has 1 unspecified atom stereocenters. The summed E-state index contributed by atoms with van der Waals surface area (Å²) in [6.07, 6.45) is -1.87. The molecule has 1 aliphatic rings. The highest BCUT2D eigenvalue weighted by Gasteiger charge is 2.29. The molecular weight excluding hydrogens is 452 g/mol. The fourth-order valence-electron chi connectivity index (χ4n) is 3.96.